The van der Waals surface area contributed by atoms with Gasteiger partial charge in [0, 0.05) is 6.42 Å². The molecule has 112 valence electrons. The molecule has 1 aliphatic carbocycles. The molecule has 2 aliphatic rings. The van der Waals surface area contributed by atoms with Crippen molar-refractivity contribution in [1.29, 1.82) is 0 Å². The summed E-state index contributed by atoms with van der Waals surface area (Å²) in [6.45, 7) is 1.54. The molecule has 7 heteroatoms. The van der Waals surface area contributed by atoms with E-state index in [2.05, 4.69) is 5.32 Å². The number of nitrogens with one attached hydrogen (secondary N) is 1. The second-order valence-corrected chi connectivity index (χ2v) is 5.40. The number of methoxy groups -OCH3 is 1. The molecule has 0 spiro atoms. The Kier molecular flexibility index (Phi) is 4.39. The van der Waals surface area contributed by atoms with Gasteiger partial charge >= 0.3 is 5.97 Å². The van der Waals surface area contributed by atoms with Crippen LogP contribution in [-0.2, 0) is 23.9 Å². The highest BCUT2D eigenvalue weighted by Crippen LogP contribution is 2.40. The highest BCUT2D eigenvalue weighted by Gasteiger charge is 2.53. The van der Waals surface area contributed by atoms with Crippen molar-refractivity contribution in [3.8, 4) is 0 Å². The highest BCUT2D eigenvalue weighted by atomic mass is 16.6. The Balaban J connectivity index is 1.96. The monoisotopic (exact) mass is 284 g/mol. The number of hydrogen-bond donors (Lipinski definition) is 2. The van der Waals surface area contributed by atoms with Crippen LogP contribution >= 0.6 is 0 Å². The molecule has 5 atom stereocenters. The van der Waals surface area contributed by atoms with Gasteiger partial charge in [-0.3, -0.25) is 9.59 Å². The first-order valence-corrected chi connectivity index (χ1v) is 6.76. The quantitative estimate of drug-likeness (QED) is 0.501. The van der Waals surface area contributed by atoms with Crippen LogP contribution in [0.5, 0.6) is 0 Å². The number of epoxide rings is 1. The predicted octanol–water partition coefficient (Wildman–Crippen LogP) is -0.872. The third-order valence-electron chi connectivity index (χ3n) is 3.82. The Morgan fingerprint density at radius 1 is 1.55 bits per heavy atom. The average molecular weight is 284 g/mol. The summed E-state index contributed by atoms with van der Waals surface area (Å²) >= 11 is 0. The number of esters is 1. The topological polar surface area (TPSA) is 111 Å². The molecule has 2 fully saturated rings. The van der Waals surface area contributed by atoms with Crippen LogP contribution in [0.1, 0.15) is 26.2 Å². The van der Waals surface area contributed by atoms with Crippen LogP contribution in [0.15, 0.2) is 0 Å². The number of fused-ring (bicyclic) bond motifs is 1. The fraction of sp³-hybridized carbons (Fsp3) is 0.769. The Morgan fingerprint density at radius 3 is 2.85 bits per heavy atom. The summed E-state index contributed by atoms with van der Waals surface area (Å²) in [6, 6.07) is -1.44. The lowest BCUT2D eigenvalue weighted by Crippen LogP contribution is -2.49. The van der Waals surface area contributed by atoms with Gasteiger partial charge in [-0.1, -0.05) is 0 Å². The Hall–Kier alpha value is -1.47. The molecular weight excluding hydrogens is 264 g/mol. The van der Waals surface area contributed by atoms with Gasteiger partial charge in [0.15, 0.2) is 5.78 Å². The van der Waals surface area contributed by atoms with Crippen molar-refractivity contribution < 1.29 is 23.9 Å². The molecule has 0 bridgehead atoms. The van der Waals surface area contributed by atoms with E-state index in [0.717, 1.165) is 0 Å². The molecule has 0 aromatic heterocycles. The van der Waals surface area contributed by atoms with Crippen molar-refractivity contribution >= 4 is 17.7 Å². The highest BCUT2D eigenvalue weighted by molar-refractivity contribution is 5.88. The molecule has 0 aromatic carbocycles. The summed E-state index contributed by atoms with van der Waals surface area (Å²) in [7, 11) is 1.27. The fourth-order valence-electron chi connectivity index (χ4n) is 2.59. The van der Waals surface area contributed by atoms with E-state index in [4.69, 9.17) is 15.2 Å². The van der Waals surface area contributed by atoms with Crippen LogP contribution in [0.2, 0.25) is 0 Å². The number of rotatable bonds is 5. The zero-order chi connectivity index (χ0) is 14.9. The number of ketones is 1. The first kappa shape index (κ1) is 14.9. The molecule has 20 heavy (non-hydrogen) atoms. The largest absolute Gasteiger partial charge is 0.467 e. The van der Waals surface area contributed by atoms with Crippen LogP contribution in [0.25, 0.3) is 0 Å². The van der Waals surface area contributed by atoms with Crippen LogP contribution in [-0.4, -0.2) is 49.1 Å². The van der Waals surface area contributed by atoms with Crippen LogP contribution in [0.3, 0.4) is 0 Å². The molecule has 1 heterocycles. The van der Waals surface area contributed by atoms with Gasteiger partial charge in [-0.2, -0.15) is 0 Å². The van der Waals surface area contributed by atoms with E-state index < -0.39 is 24.0 Å². The van der Waals surface area contributed by atoms with Crippen molar-refractivity contribution in [3.63, 3.8) is 0 Å². The second-order valence-electron chi connectivity index (χ2n) is 5.40. The molecule has 0 radical (unpaired) electrons. The maximum Gasteiger partial charge on any atom is 0.328 e. The first-order chi connectivity index (χ1) is 9.43. The van der Waals surface area contributed by atoms with Gasteiger partial charge in [-0.05, 0) is 25.7 Å². The van der Waals surface area contributed by atoms with E-state index in [1.807, 2.05) is 0 Å². The van der Waals surface area contributed by atoms with Crippen molar-refractivity contribution in [2.45, 2.75) is 50.5 Å². The lowest BCUT2D eigenvalue weighted by atomic mass is 9.84. The lowest BCUT2D eigenvalue weighted by molar-refractivity contribution is -0.145. The van der Waals surface area contributed by atoms with Gasteiger partial charge in [0.25, 0.3) is 0 Å². The summed E-state index contributed by atoms with van der Waals surface area (Å²) < 4.78 is 10.0. The predicted molar refractivity (Wildman–Crippen MR) is 68.6 cm³/mol. The van der Waals surface area contributed by atoms with Crippen LogP contribution in [0.4, 0.5) is 0 Å². The molecule has 1 saturated heterocycles. The van der Waals surface area contributed by atoms with Crippen molar-refractivity contribution in [2.24, 2.45) is 11.7 Å². The number of carbonyl (C=O) groups excluding carboxylic acids is 3. The summed E-state index contributed by atoms with van der Waals surface area (Å²) in [4.78, 5) is 34.8. The van der Waals surface area contributed by atoms with Crippen molar-refractivity contribution in [3.05, 3.63) is 0 Å². The Labute approximate surface area is 117 Å². The Bertz CT molecular complexity index is 423. The summed E-state index contributed by atoms with van der Waals surface area (Å²) in [5.74, 6) is -0.704. The molecule has 1 amide bonds. The number of hydrogen-bond acceptors (Lipinski definition) is 6. The third-order valence-corrected chi connectivity index (χ3v) is 3.82. The van der Waals surface area contributed by atoms with Crippen LogP contribution in [0, 0.1) is 5.92 Å². The van der Waals surface area contributed by atoms with Crippen LogP contribution < -0.4 is 11.1 Å². The average Bonchev–Trinajstić information content (AvgIpc) is 3.21. The zero-order valence-corrected chi connectivity index (χ0v) is 11.6. The number of amides is 1. The van der Waals surface area contributed by atoms with E-state index in [-0.39, 0.29) is 23.9 Å². The maximum absolute atomic E-state index is 11.7. The first-order valence-electron chi connectivity index (χ1n) is 6.76. The van der Waals surface area contributed by atoms with Crippen molar-refractivity contribution in [2.75, 3.05) is 7.11 Å². The van der Waals surface area contributed by atoms with E-state index in [9.17, 15) is 14.4 Å². The van der Waals surface area contributed by atoms with E-state index in [1.54, 1.807) is 6.92 Å². The molecular formula is C13H20N2O5. The maximum atomic E-state index is 11.7. The molecule has 0 unspecified atom stereocenters. The fourth-order valence-corrected chi connectivity index (χ4v) is 2.59. The summed E-state index contributed by atoms with van der Waals surface area (Å²) in [5.41, 5.74) is 5.48. The van der Waals surface area contributed by atoms with Gasteiger partial charge < -0.3 is 20.5 Å². The van der Waals surface area contributed by atoms with Gasteiger partial charge in [-0.15, -0.1) is 0 Å². The number of nitrogens with two attached hydrogens (primary N) is 1. The van der Waals surface area contributed by atoms with Gasteiger partial charge in [0.2, 0.25) is 5.91 Å². The molecule has 1 aliphatic heterocycles. The number of ether oxygens (including phenoxy) is 2. The van der Waals surface area contributed by atoms with E-state index in [0.29, 0.717) is 19.3 Å². The van der Waals surface area contributed by atoms with Crippen molar-refractivity contribution in [1.82, 2.24) is 5.32 Å². The van der Waals surface area contributed by atoms with Gasteiger partial charge in [-0.25, -0.2) is 4.79 Å². The normalized spacial score (nSPS) is 30.9. The standard InChI is InChI=1S/C13H20N2O5/c1-6(14)12(17)15-8(13(18)19-2)5-7-3-4-9(16)11-10(7)20-11/h6-8,10-11H,3-5,14H2,1-2H3,(H,15,17)/t6-,7-,8-,10+,11-/m0/s1. The Morgan fingerprint density at radius 2 is 2.25 bits per heavy atom. The summed E-state index contributed by atoms with van der Waals surface area (Å²) in [5, 5.41) is 2.59. The molecule has 2 rings (SSSR count). The van der Waals surface area contributed by atoms with E-state index >= 15 is 0 Å². The zero-order valence-electron chi connectivity index (χ0n) is 11.6. The number of carbonyl (C=O) groups is 3. The third kappa shape index (κ3) is 3.16. The second kappa shape index (κ2) is 5.88. The lowest BCUT2D eigenvalue weighted by Gasteiger charge is -2.24. The summed E-state index contributed by atoms with van der Waals surface area (Å²) in [6.07, 6.45) is 1.11. The SMILES string of the molecule is COC(=O)[C@H](C[C@@H]1CCC(=O)[C@@H]2O[C@H]12)NC(=O)[C@H](C)N. The van der Waals surface area contributed by atoms with Gasteiger partial charge in [0.1, 0.15) is 12.1 Å². The number of Topliss-reactive ketones (excluding diaryl/α,β-unsaturated/α-hetero) is 1. The smallest absolute Gasteiger partial charge is 0.328 e. The minimum absolute atomic E-state index is 0.0789. The van der Waals surface area contributed by atoms with E-state index in [1.165, 1.54) is 7.11 Å². The molecule has 3 N–H and O–H groups in total. The molecule has 7 nitrogen and oxygen atoms in total. The molecule has 1 saturated carbocycles. The van der Waals surface area contributed by atoms with Gasteiger partial charge in [0.05, 0.1) is 19.3 Å². The minimum Gasteiger partial charge on any atom is -0.467 e. The molecule has 0 aromatic rings. The minimum atomic E-state index is -0.749.